The van der Waals surface area contributed by atoms with E-state index < -0.39 is 17.9 Å². The van der Waals surface area contributed by atoms with Crippen LogP contribution < -0.4 is 25.6 Å². The molecule has 2 aromatic rings. The Hall–Kier alpha value is -3.75. The number of carbonyl (C=O) groups excluding carboxylic acids is 3. The Balaban J connectivity index is 1.25. The number of likely N-dealkylation sites (tertiary alicyclic amines) is 1. The van der Waals surface area contributed by atoms with E-state index in [1.807, 2.05) is 24.3 Å². The molecule has 0 radical (unpaired) electrons. The number of nitrogens with one attached hydrogen (secondary N) is 3. The fourth-order valence-electron chi connectivity index (χ4n) is 3.55. The van der Waals surface area contributed by atoms with Gasteiger partial charge in [0.25, 0.3) is 5.91 Å². The topological polar surface area (TPSA) is 109 Å². The first kappa shape index (κ1) is 20.5. The van der Waals surface area contributed by atoms with Gasteiger partial charge in [-0.3, -0.25) is 20.4 Å². The summed E-state index contributed by atoms with van der Waals surface area (Å²) in [4.78, 5) is 39.0. The highest BCUT2D eigenvalue weighted by molar-refractivity contribution is 5.90. The predicted octanol–water partition coefficient (Wildman–Crippen LogP) is 1.92. The number of benzene rings is 2. The molecule has 31 heavy (non-hydrogen) atoms. The van der Waals surface area contributed by atoms with Crippen molar-refractivity contribution in [3.63, 3.8) is 0 Å². The molecule has 0 aromatic heterocycles. The van der Waals surface area contributed by atoms with Crippen molar-refractivity contribution in [2.45, 2.75) is 18.9 Å². The fraction of sp³-hybridized carbons (Fsp3) is 0.318. The summed E-state index contributed by atoms with van der Waals surface area (Å²) >= 11 is 0. The minimum atomic E-state index is -0.866. The normalized spacial score (nSPS) is 19.8. The minimum absolute atomic E-state index is 0.0512. The standard InChI is InChI=1S/C22H24N4O5/c27-20(24-25-21(28)19-14-30-17-10-4-5-11-18(17)31-19)15-7-6-12-26(13-15)22(29)23-16-8-2-1-3-9-16/h1-5,8-11,15,19H,6-7,12-14H2,(H,23,29)(H,24,27)(H,25,28). The Kier molecular flexibility index (Phi) is 6.21. The first-order valence-electron chi connectivity index (χ1n) is 10.2. The summed E-state index contributed by atoms with van der Waals surface area (Å²) < 4.78 is 11.1. The maximum Gasteiger partial charge on any atom is 0.321 e. The van der Waals surface area contributed by atoms with Crippen LogP contribution in [0.15, 0.2) is 54.6 Å². The third-order valence-corrected chi connectivity index (χ3v) is 5.21. The number of fused-ring (bicyclic) bond motifs is 1. The van der Waals surface area contributed by atoms with Crippen LogP contribution in [-0.4, -0.2) is 48.5 Å². The molecule has 9 heteroatoms. The molecule has 1 saturated heterocycles. The van der Waals surface area contributed by atoms with Crippen molar-refractivity contribution in [2.75, 3.05) is 25.0 Å². The van der Waals surface area contributed by atoms with E-state index in [9.17, 15) is 14.4 Å². The second kappa shape index (κ2) is 9.38. The van der Waals surface area contributed by atoms with Crippen molar-refractivity contribution >= 4 is 23.5 Å². The van der Waals surface area contributed by atoms with Crippen molar-refractivity contribution < 1.29 is 23.9 Å². The van der Waals surface area contributed by atoms with Gasteiger partial charge in [-0.25, -0.2) is 4.79 Å². The van der Waals surface area contributed by atoms with Crippen LogP contribution in [0.4, 0.5) is 10.5 Å². The summed E-state index contributed by atoms with van der Waals surface area (Å²) in [7, 11) is 0. The summed E-state index contributed by atoms with van der Waals surface area (Å²) in [5, 5.41) is 2.83. The smallest absolute Gasteiger partial charge is 0.321 e. The third-order valence-electron chi connectivity index (χ3n) is 5.21. The van der Waals surface area contributed by atoms with Gasteiger partial charge in [-0.05, 0) is 37.1 Å². The lowest BCUT2D eigenvalue weighted by Crippen LogP contribution is -2.54. The van der Waals surface area contributed by atoms with E-state index in [2.05, 4.69) is 16.2 Å². The Bertz CT molecular complexity index is 952. The van der Waals surface area contributed by atoms with Gasteiger partial charge >= 0.3 is 6.03 Å². The van der Waals surface area contributed by atoms with Gasteiger partial charge in [-0.1, -0.05) is 30.3 Å². The number of nitrogens with zero attached hydrogens (tertiary/aromatic N) is 1. The first-order valence-corrected chi connectivity index (χ1v) is 10.2. The molecule has 2 aliphatic rings. The van der Waals surface area contributed by atoms with Gasteiger partial charge in [-0.15, -0.1) is 0 Å². The summed E-state index contributed by atoms with van der Waals surface area (Å²) in [6.07, 6.45) is 0.465. The van der Waals surface area contributed by atoms with Crippen LogP contribution in [0.1, 0.15) is 12.8 Å². The molecule has 0 aliphatic carbocycles. The van der Waals surface area contributed by atoms with E-state index in [4.69, 9.17) is 9.47 Å². The zero-order valence-electron chi connectivity index (χ0n) is 16.9. The molecule has 4 rings (SSSR count). The van der Waals surface area contributed by atoms with Crippen LogP contribution in [0.2, 0.25) is 0 Å². The summed E-state index contributed by atoms with van der Waals surface area (Å²) in [6.45, 7) is 0.897. The van der Waals surface area contributed by atoms with Crippen molar-refractivity contribution in [1.29, 1.82) is 0 Å². The van der Waals surface area contributed by atoms with E-state index in [1.165, 1.54) is 0 Å². The molecule has 2 heterocycles. The molecule has 2 aromatic carbocycles. The van der Waals surface area contributed by atoms with Gasteiger partial charge in [0, 0.05) is 18.8 Å². The molecule has 9 nitrogen and oxygen atoms in total. The zero-order valence-corrected chi connectivity index (χ0v) is 16.9. The largest absolute Gasteiger partial charge is 0.485 e. The number of rotatable bonds is 3. The maximum absolute atomic E-state index is 12.6. The predicted molar refractivity (Wildman–Crippen MR) is 112 cm³/mol. The third kappa shape index (κ3) is 5.06. The van der Waals surface area contributed by atoms with E-state index >= 15 is 0 Å². The lowest BCUT2D eigenvalue weighted by molar-refractivity contribution is -0.136. The molecule has 4 amide bonds. The van der Waals surface area contributed by atoms with Gasteiger partial charge in [0.05, 0.1) is 5.92 Å². The van der Waals surface area contributed by atoms with Crippen LogP contribution in [0.3, 0.4) is 0 Å². The number of carbonyl (C=O) groups is 3. The van der Waals surface area contributed by atoms with Crippen molar-refractivity contribution in [3.8, 4) is 11.5 Å². The monoisotopic (exact) mass is 424 g/mol. The highest BCUT2D eigenvalue weighted by atomic mass is 16.6. The molecule has 2 unspecified atom stereocenters. The highest BCUT2D eigenvalue weighted by Crippen LogP contribution is 2.30. The Labute approximate surface area is 179 Å². The van der Waals surface area contributed by atoms with Crippen LogP contribution in [0, 0.1) is 5.92 Å². The van der Waals surface area contributed by atoms with Gasteiger partial charge < -0.3 is 19.7 Å². The summed E-state index contributed by atoms with van der Waals surface area (Å²) in [5.41, 5.74) is 5.55. The fourth-order valence-corrected chi connectivity index (χ4v) is 3.55. The van der Waals surface area contributed by atoms with Crippen molar-refractivity contribution in [3.05, 3.63) is 54.6 Å². The number of hydrazine groups is 1. The van der Waals surface area contributed by atoms with E-state index in [1.54, 1.807) is 35.2 Å². The van der Waals surface area contributed by atoms with Crippen LogP contribution in [0.5, 0.6) is 11.5 Å². The lowest BCUT2D eigenvalue weighted by Gasteiger charge is -2.32. The summed E-state index contributed by atoms with van der Waals surface area (Å²) in [5.74, 6) is -0.209. The number of piperidine rings is 1. The van der Waals surface area contributed by atoms with Crippen LogP contribution in [-0.2, 0) is 9.59 Å². The number of amides is 4. The molecular formula is C22H24N4O5. The highest BCUT2D eigenvalue weighted by Gasteiger charge is 2.31. The maximum atomic E-state index is 12.6. The lowest BCUT2D eigenvalue weighted by atomic mass is 9.98. The second-order valence-corrected chi connectivity index (χ2v) is 7.42. The zero-order chi connectivity index (χ0) is 21.6. The molecular weight excluding hydrogens is 400 g/mol. The molecule has 2 aliphatic heterocycles. The second-order valence-electron chi connectivity index (χ2n) is 7.42. The molecule has 1 fully saturated rings. The quantitative estimate of drug-likeness (QED) is 0.653. The number of para-hydroxylation sites is 3. The molecule has 0 spiro atoms. The molecule has 162 valence electrons. The van der Waals surface area contributed by atoms with E-state index in [-0.39, 0.29) is 25.1 Å². The first-order chi connectivity index (χ1) is 15.1. The number of hydrogen-bond acceptors (Lipinski definition) is 5. The minimum Gasteiger partial charge on any atom is -0.485 e. The van der Waals surface area contributed by atoms with Gasteiger partial charge in [0.1, 0.15) is 6.61 Å². The van der Waals surface area contributed by atoms with Crippen LogP contribution in [0.25, 0.3) is 0 Å². The molecule has 3 N–H and O–H groups in total. The molecule has 2 atom stereocenters. The van der Waals surface area contributed by atoms with Crippen molar-refractivity contribution in [2.24, 2.45) is 5.92 Å². The molecule has 0 saturated carbocycles. The average molecular weight is 424 g/mol. The number of urea groups is 1. The molecule has 0 bridgehead atoms. The van der Waals surface area contributed by atoms with Crippen LogP contribution >= 0.6 is 0 Å². The van der Waals surface area contributed by atoms with Crippen molar-refractivity contribution in [1.82, 2.24) is 15.8 Å². The Morgan fingerprint density at radius 2 is 1.61 bits per heavy atom. The number of anilines is 1. The van der Waals surface area contributed by atoms with Gasteiger partial charge in [0.2, 0.25) is 12.0 Å². The van der Waals surface area contributed by atoms with E-state index in [0.717, 1.165) is 0 Å². The van der Waals surface area contributed by atoms with Gasteiger partial charge in [0.15, 0.2) is 11.5 Å². The van der Waals surface area contributed by atoms with Gasteiger partial charge in [-0.2, -0.15) is 0 Å². The average Bonchev–Trinajstić information content (AvgIpc) is 2.82. The Morgan fingerprint density at radius 3 is 2.42 bits per heavy atom. The Morgan fingerprint density at radius 1 is 0.903 bits per heavy atom. The SMILES string of the molecule is O=C(NNC(=O)C1COc2ccccc2O1)C1CCCN(C(=O)Nc2ccccc2)C1. The van der Waals surface area contributed by atoms with E-state index in [0.29, 0.717) is 36.6 Å². The summed E-state index contributed by atoms with van der Waals surface area (Å²) in [6, 6.07) is 16.0. The number of hydrogen-bond donors (Lipinski definition) is 3. The number of ether oxygens (including phenoxy) is 2.